The summed E-state index contributed by atoms with van der Waals surface area (Å²) in [6.07, 6.45) is 0. The van der Waals surface area contributed by atoms with Crippen LogP contribution in [0.25, 0.3) is 0 Å². The number of halogens is 1. The van der Waals surface area contributed by atoms with Crippen molar-refractivity contribution in [3.05, 3.63) is 33.3 Å². The van der Waals surface area contributed by atoms with Crippen molar-refractivity contribution in [1.82, 2.24) is 14.8 Å². The predicted octanol–water partition coefficient (Wildman–Crippen LogP) is 3.06. The minimum Gasteiger partial charge on any atom is -0.378 e. The molecule has 2 heterocycles. The van der Waals surface area contributed by atoms with Gasteiger partial charge >= 0.3 is 0 Å². The first-order valence-electron chi connectivity index (χ1n) is 9.47. The van der Waals surface area contributed by atoms with E-state index in [9.17, 15) is 14.9 Å². The van der Waals surface area contributed by atoms with Crippen LogP contribution in [0.3, 0.4) is 0 Å². The number of nitrogens with one attached hydrogen (secondary N) is 1. The Balaban J connectivity index is 1.66. The number of rotatable bonds is 8. The van der Waals surface area contributed by atoms with E-state index in [1.807, 2.05) is 4.57 Å². The standard InChI is InChI=1S/C18H23ClN6O4S/c1-12(2)10-24-17(23-5-7-29-8-6-23)21-22-18(24)30-11-16(26)20-15-4-3-13(25(27)28)9-14(15)19/h3-4,9,12H,5-8,10-11H2,1-2H3,(H,20,26). The summed E-state index contributed by atoms with van der Waals surface area (Å²) in [5.41, 5.74) is 0.190. The van der Waals surface area contributed by atoms with Gasteiger partial charge in [-0.05, 0) is 12.0 Å². The predicted molar refractivity (Wildman–Crippen MR) is 115 cm³/mol. The molecule has 1 N–H and O–H groups in total. The summed E-state index contributed by atoms with van der Waals surface area (Å²) in [6, 6.07) is 3.92. The maximum Gasteiger partial charge on any atom is 0.271 e. The van der Waals surface area contributed by atoms with Crippen LogP contribution in [-0.2, 0) is 16.1 Å². The highest BCUT2D eigenvalue weighted by molar-refractivity contribution is 7.99. The summed E-state index contributed by atoms with van der Waals surface area (Å²) < 4.78 is 7.44. The van der Waals surface area contributed by atoms with Crippen molar-refractivity contribution in [3.8, 4) is 0 Å². The fourth-order valence-corrected chi connectivity index (χ4v) is 3.91. The van der Waals surface area contributed by atoms with Gasteiger partial charge in [0.2, 0.25) is 11.9 Å². The highest BCUT2D eigenvalue weighted by Crippen LogP contribution is 2.28. The third-order valence-corrected chi connectivity index (χ3v) is 5.59. The number of amides is 1. The molecule has 1 aromatic carbocycles. The molecule has 12 heteroatoms. The number of benzene rings is 1. The molecule has 1 aliphatic rings. The Kier molecular flexibility index (Phi) is 7.51. The number of nitro benzene ring substituents is 1. The number of thioether (sulfide) groups is 1. The molecule has 162 valence electrons. The first-order valence-corrected chi connectivity index (χ1v) is 10.8. The van der Waals surface area contributed by atoms with Crippen molar-refractivity contribution in [1.29, 1.82) is 0 Å². The molecule has 0 aliphatic carbocycles. The number of carbonyl (C=O) groups excluding carboxylic acids is 1. The summed E-state index contributed by atoms with van der Waals surface area (Å²) in [5.74, 6) is 0.983. The van der Waals surface area contributed by atoms with Gasteiger partial charge in [0.25, 0.3) is 5.69 Å². The van der Waals surface area contributed by atoms with E-state index in [0.29, 0.717) is 30.0 Å². The molecule has 1 saturated heterocycles. The second-order valence-corrected chi connectivity index (χ2v) is 8.49. The Labute approximate surface area is 183 Å². The quantitative estimate of drug-likeness (QED) is 0.367. The number of hydrogen-bond acceptors (Lipinski definition) is 8. The van der Waals surface area contributed by atoms with E-state index in [1.54, 1.807) is 0 Å². The molecule has 2 aromatic rings. The highest BCUT2D eigenvalue weighted by Gasteiger charge is 2.22. The molecular formula is C18H23ClN6O4S. The Bertz CT molecular complexity index is 916. The van der Waals surface area contributed by atoms with Crippen molar-refractivity contribution >= 4 is 46.6 Å². The van der Waals surface area contributed by atoms with Gasteiger partial charge in [-0.3, -0.25) is 19.5 Å². The van der Waals surface area contributed by atoms with Crippen LogP contribution in [-0.4, -0.2) is 57.7 Å². The van der Waals surface area contributed by atoms with E-state index in [-0.39, 0.29) is 22.4 Å². The van der Waals surface area contributed by atoms with Crippen LogP contribution in [0.15, 0.2) is 23.4 Å². The van der Waals surface area contributed by atoms with Gasteiger partial charge in [0.1, 0.15) is 0 Å². The normalized spacial score (nSPS) is 14.2. The van der Waals surface area contributed by atoms with Crippen molar-refractivity contribution in [3.63, 3.8) is 0 Å². The molecule has 0 saturated carbocycles. The number of carbonyl (C=O) groups is 1. The zero-order valence-corrected chi connectivity index (χ0v) is 18.3. The Morgan fingerprint density at radius 3 is 2.73 bits per heavy atom. The van der Waals surface area contributed by atoms with E-state index >= 15 is 0 Å². The van der Waals surface area contributed by atoms with Crippen molar-refractivity contribution in [2.45, 2.75) is 25.5 Å². The van der Waals surface area contributed by atoms with Gasteiger partial charge < -0.3 is 15.0 Å². The maximum absolute atomic E-state index is 12.4. The smallest absolute Gasteiger partial charge is 0.271 e. The number of aromatic nitrogens is 3. The molecule has 0 bridgehead atoms. The molecule has 1 fully saturated rings. The number of morpholine rings is 1. The minimum atomic E-state index is -0.541. The van der Waals surface area contributed by atoms with Gasteiger partial charge in [0, 0.05) is 31.8 Å². The van der Waals surface area contributed by atoms with Gasteiger partial charge in [-0.15, -0.1) is 10.2 Å². The average Bonchev–Trinajstić information content (AvgIpc) is 3.10. The Hall–Kier alpha value is -2.37. The third kappa shape index (κ3) is 5.61. The molecule has 10 nitrogen and oxygen atoms in total. The summed E-state index contributed by atoms with van der Waals surface area (Å²) in [6.45, 7) is 7.75. The minimum absolute atomic E-state index is 0.104. The fourth-order valence-electron chi connectivity index (χ4n) is 2.95. The van der Waals surface area contributed by atoms with Crippen LogP contribution in [0, 0.1) is 16.0 Å². The number of nitro groups is 1. The first-order chi connectivity index (χ1) is 14.3. The fraction of sp³-hybridized carbons (Fsp3) is 0.500. The second-order valence-electron chi connectivity index (χ2n) is 7.14. The lowest BCUT2D eigenvalue weighted by atomic mass is 10.2. The zero-order valence-electron chi connectivity index (χ0n) is 16.7. The summed E-state index contributed by atoms with van der Waals surface area (Å²) in [5, 5.41) is 22.9. The lowest BCUT2D eigenvalue weighted by molar-refractivity contribution is -0.384. The molecule has 0 radical (unpaired) electrons. The summed E-state index contributed by atoms with van der Waals surface area (Å²) >= 11 is 7.32. The van der Waals surface area contributed by atoms with Crippen molar-refractivity contribution in [2.75, 3.05) is 42.3 Å². The van der Waals surface area contributed by atoms with E-state index in [4.69, 9.17) is 16.3 Å². The monoisotopic (exact) mass is 454 g/mol. The summed E-state index contributed by atoms with van der Waals surface area (Å²) in [7, 11) is 0. The molecule has 1 amide bonds. The third-order valence-electron chi connectivity index (χ3n) is 4.31. The van der Waals surface area contributed by atoms with E-state index in [0.717, 1.165) is 25.6 Å². The van der Waals surface area contributed by atoms with E-state index in [1.165, 1.54) is 30.0 Å². The van der Waals surface area contributed by atoms with Crippen molar-refractivity contribution in [2.24, 2.45) is 5.92 Å². The summed E-state index contributed by atoms with van der Waals surface area (Å²) in [4.78, 5) is 24.8. The average molecular weight is 455 g/mol. The van der Waals surface area contributed by atoms with Gasteiger partial charge in [-0.2, -0.15) is 0 Å². The lowest BCUT2D eigenvalue weighted by Crippen LogP contribution is -2.38. The molecule has 3 rings (SSSR count). The van der Waals surface area contributed by atoms with Gasteiger partial charge in [0.15, 0.2) is 5.16 Å². The van der Waals surface area contributed by atoms with Crippen LogP contribution in [0.5, 0.6) is 0 Å². The number of non-ortho nitro benzene ring substituents is 1. The van der Waals surface area contributed by atoms with Crippen molar-refractivity contribution < 1.29 is 14.5 Å². The topological polar surface area (TPSA) is 115 Å². The van der Waals surface area contributed by atoms with Crippen LogP contribution in [0.2, 0.25) is 5.02 Å². The molecule has 0 spiro atoms. The molecule has 1 aliphatic heterocycles. The largest absolute Gasteiger partial charge is 0.378 e. The van der Waals surface area contributed by atoms with Crippen LogP contribution < -0.4 is 10.2 Å². The van der Waals surface area contributed by atoms with Gasteiger partial charge in [0.05, 0.1) is 34.6 Å². The Morgan fingerprint density at radius 1 is 1.37 bits per heavy atom. The number of ether oxygens (including phenoxy) is 1. The number of hydrogen-bond donors (Lipinski definition) is 1. The molecule has 0 atom stereocenters. The van der Waals surface area contributed by atoms with Crippen LogP contribution in [0.4, 0.5) is 17.3 Å². The van der Waals surface area contributed by atoms with Crippen LogP contribution in [0.1, 0.15) is 13.8 Å². The Morgan fingerprint density at radius 2 is 2.10 bits per heavy atom. The molecular weight excluding hydrogens is 432 g/mol. The number of anilines is 2. The number of nitrogens with zero attached hydrogens (tertiary/aromatic N) is 5. The van der Waals surface area contributed by atoms with Crippen LogP contribution >= 0.6 is 23.4 Å². The molecule has 30 heavy (non-hydrogen) atoms. The first kappa shape index (κ1) is 22.3. The SMILES string of the molecule is CC(C)Cn1c(SCC(=O)Nc2ccc([N+](=O)[O-])cc2Cl)nnc1N1CCOCC1. The van der Waals surface area contributed by atoms with Gasteiger partial charge in [-0.25, -0.2) is 0 Å². The van der Waals surface area contributed by atoms with Gasteiger partial charge in [-0.1, -0.05) is 37.2 Å². The maximum atomic E-state index is 12.4. The van der Waals surface area contributed by atoms with E-state index < -0.39 is 4.92 Å². The second kappa shape index (κ2) is 10.1. The lowest BCUT2D eigenvalue weighted by Gasteiger charge is -2.28. The zero-order chi connectivity index (χ0) is 21.7. The molecule has 0 unspecified atom stereocenters. The highest BCUT2D eigenvalue weighted by atomic mass is 35.5. The molecule has 1 aromatic heterocycles. The van der Waals surface area contributed by atoms with E-state index in [2.05, 4.69) is 34.3 Å².